The Kier molecular flexibility index (Phi) is 5.44. The molecular formula is C13H16FNO2. The van der Waals surface area contributed by atoms with Crippen LogP contribution in [-0.4, -0.2) is 19.8 Å². The Hall–Kier alpha value is -1.60. The Balaban J connectivity index is 2.39. The zero-order valence-corrected chi connectivity index (χ0v) is 10.1. The third-order valence-electron chi connectivity index (χ3n) is 2.00. The average molecular weight is 237 g/mol. The van der Waals surface area contributed by atoms with Gasteiger partial charge in [0.1, 0.15) is 24.2 Å². The average Bonchev–Trinajstić information content (AvgIpc) is 2.29. The lowest BCUT2D eigenvalue weighted by Gasteiger charge is -2.09. The lowest BCUT2D eigenvalue weighted by atomic mass is 10.2. The summed E-state index contributed by atoms with van der Waals surface area (Å²) < 4.78 is 23.5. The molecule has 1 aromatic carbocycles. The fourth-order valence-corrected chi connectivity index (χ4v) is 1.25. The van der Waals surface area contributed by atoms with E-state index in [4.69, 9.17) is 14.7 Å². The van der Waals surface area contributed by atoms with E-state index in [2.05, 4.69) is 13.8 Å². The highest BCUT2D eigenvalue weighted by Gasteiger charge is 2.04. The van der Waals surface area contributed by atoms with Gasteiger partial charge < -0.3 is 9.47 Å². The Morgan fingerprint density at radius 2 is 2.12 bits per heavy atom. The van der Waals surface area contributed by atoms with Crippen LogP contribution in [0, 0.1) is 23.1 Å². The van der Waals surface area contributed by atoms with Gasteiger partial charge in [0.2, 0.25) is 0 Å². The number of benzene rings is 1. The first-order valence-corrected chi connectivity index (χ1v) is 5.53. The van der Waals surface area contributed by atoms with Gasteiger partial charge in [-0.3, -0.25) is 0 Å². The topological polar surface area (TPSA) is 42.2 Å². The van der Waals surface area contributed by atoms with E-state index in [0.717, 1.165) is 6.07 Å². The normalized spacial score (nSPS) is 10.3. The predicted molar refractivity (Wildman–Crippen MR) is 62.3 cm³/mol. The third kappa shape index (κ3) is 4.83. The van der Waals surface area contributed by atoms with Crippen LogP contribution in [0.1, 0.15) is 19.4 Å². The van der Waals surface area contributed by atoms with Gasteiger partial charge in [0.25, 0.3) is 0 Å². The van der Waals surface area contributed by atoms with Crippen molar-refractivity contribution in [2.45, 2.75) is 13.8 Å². The van der Waals surface area contributed by atoms with Crippen LogP contribution in [0.4, 0.5) is 4.39 Å². The van der Waals surface area contributed by atoms with Crippen molar-refractivity contribution in [3.63, 3.8) is 0 Å². The van der Waals surface area contributed by atoms with Crippen molar-refractivity contribution in [2.75, 3.05) is 19.8 Å². The molecule has 17 heavy (non-hydrogen) atoms. The molecular weight excluding hydrogens is 221 g/mol. The van der Waals surface area contributed by atoms with Crippen LogP contribution < -0.4 is 4.74 Å². The Morgan fingerprint density at radius 3 is 2.76 bits per heavy atom. The predicted octanol–water partition coefficient (Wildman–Crippen LogP) is 2.75. The van der Waals surface area contributed by atoms with Gasteiger partial charge in [-0.1, -0.05) is 13.8 Å². The van der Waals surface area contributed by atoms with E-state index in [1.54, 1.807) is 0 Å². The van der Waals surface area contributed by atoms with E-state index in [1.807, 2.05) is 6.07 Å². The summed E-state index contributed by atoms with van der Waals surface area (Å²) in [6.07, 6.45) is 0. The zero-order chi connectivity index (χ0) is 12.7. The highest BCUT2D eigenvalue weighted by Crippen LogP contribution is 2.18. The summed E-state index contributed by atoms with van der Waals surface area (Å²) in [5.74, 6) is 0.433. The first-order valence-electron chi connectivity index (χ1n) is 5.53. The molecule has 0 saturated heterocycles. The highest BCUT2D eigenvalue weighted by molar-refractivity contribution is 5.42. The molecule has 0 bridgehead atoms. The van der Waals surface area contributed by atoms with Crippen molar-refractivity contribution in [2.24, 2.45) is 5.92 Å². The fourth-order valence-electron chi connectivity index (χ4n) is 1.25. The van der Waals surface area contributed by atoms with Crippen molar-refractivity contribution < 1.29 is 13.9 Å². The van der Waals surface area contributed by atoms with Gasteiger partial charge in [-0.2, -0.15) is 5.26 Å². The quantitative estimate of drug-likeness (QED) is 0.714. The van der Waals surface area contributed by atoms with E-state index in [-0.39, 0.29) is 5.56 Å². The number of hydrogen-bond donors (Lipinski definition) is 0. The van der Waals surface area contributed by atoms with E-state index >= 15 is 0 Å². The molecule has 0 heterocycles. The van der Waals surface area contributed by atoms with Crippen molar-refractivity contribution in [3.05, 3.63) is 29.6 Å². The van der Waals surface area contributed by atoms with Crippen LogP contribution in [0.2, 0.25) is 0 Å². The van der Waals surface area contributed by atoms with E-state index in [1.165, 1.54) is 12.1 Å². The SMILES string of the molecule is CC(C)COCCOc1ccc(F)cc1C#N. The molecule has 0 aliphatic rings. The van der Waals surface area contributed by atoms with Crippen molar-refractivity contribution in [1.82, 2.24) is 0 Å². The molecule has 0 fully saturated rings. The number of ether oxygens (including phenoxy) is 2. The van der Waals surface area contributed by atoms with E-state index in [0.29, 0.717) is 31.5 Å². The molecule has 1 rings (SSSR count). The van der Waals surface area contributed by atoms with Gasteiger partial charge in [0.05, 0.1) is 12.2 Å². The Labute approximate surface area is 101 Å². The molecule has 0 radical (unpaired) electrons. The summed E-state index contributed by atoms with van der Waals surface area (Å²) >= 11 is 0. The lowest BCUT2D eigenvalue weighted by molar-refractivity contribution is 0.0818. The van der Waals surface area contributed by atoms with E-state index in [9.17, 15) is 4.39 Å². The van der Waals surface area contributed by atoms with E-state index < -0.39 is 5.82 Å². The molecule has 0 spiro atoms. The molecule has 1 aromatic rings. The molecule has 0 unspecified atom stereocenters. The lowest BCUT2D eigenvalue weighted by Crippen LogP contribution is -2.10. The van der Waals surface area contributed by atoms with Gasteiger partial charge in [0, 0.05) is 6.61 Å². The summed E-state index contributed by atoms with van der Waals surface area (Å²) in [5.41, 5.74) is 0.203. The van der Waals surface area contributed by atoms with Crippen LogP contribution in [-0.2, 0) is 4.74 Å². The minimum Gasteiger partial charge on any atom is -0.490 e. The molecule has 0 atom stereocenters. The summed E-state index contributed by atoms with van der Waals surface area (Å²) in [6, 6.07) is 5.77. The first kappa shape index (κ1) is 13.5. The summed E-state index contributed by atoms with van der Waals surface area (Å²) in [5, 5.41) is 8.79. The minimum atomic E-state index is -0.440. The smallest absolute Gasteiger partial charge is 0.137 e. The fraction of sp³-hybridized carbons (Fsp3) is 0.462. The number of nitriles is 1. The summed E-state index contributed by atoms with van der Waals surface area (Å²) in [4.78, 5) is 0. The standard InChI is InChI=1S/C13H16FNO2/c1-10(2)9-16-5-6-17-13-4-3-12(14)7-11(13)8-15/h3-4,7,10H,5-6,9H2,1-2H3. The van der Waals surface area contributed by atoms with Crippen molar-refractivity contribution in [3.8, 4) is 11.8 Å². The highest BCUT2D eigenvalue weighted by atomic mass is 19.1. The number of hydrogen-bond acceptors (Lipinski definition) is 3. The maximum atomic E-state index is 12.8. The van der Waals surface area contributed by atoms with Crippen LogP contribution in [0.3, 0.4) is 0 Å². The molecule has 0 aromatic heterocycles. The van der Waals surface area contributed by atoms with Crippen LogP contribution in [0.5, 0.6) is 5.75 Å². The molecule has 3 nitrogen and oxygen atoms in total. The Morgan fingerprint density at radius 1 is 1.35 bits per heavy atom. The second-order valence-corrected chi connectivity index (χ2v) is 4.07. The van der Waals surface area contributed by atoms with Crippen LogP contribution in [0.25, 0.3) is 0 Å². The van der Waals surface area contributed by atoms with Crippen molar-refractivity contribution in [1.29, 1.82) is 5.26 Å². The van der Waals surface area contributed by atoms with Crippen LogP contribution in [0.15, 0.2) is 18.2 Å². The summed E-state index contributed by atoms with van der Waals surface area (Å²) in [7, 11) is 0. The van der Waals surface area contributed by atoms with Crippen LogP contribution >= 0.6 is 0 Å². The molecule has 0 aliphatic heterocycles. The molecule has 0 N–H and O–H groups in total. The Bertz CT molecular complexity index is 399. The molecule has 92 valence electrons. The second kappa shape index (κ2) is 6.87. The van der Waals surface area contributed by atoms with Gasteiger partial charge in [-0.15, -0.1) is 0 Å². The van der Waals surface area contributed by atoms with Gasteiger partial charge in [-0.05, 0) is 24.1 Å². The maximum absolute atomic E-state index is 12.8. The number of rotatable bonds is 6. The third-order valence-corrected chi connectivity index (χ3v) is 2.00. The monoisotopic (exact) mass is 237 g/mol. The number of halogens is 1. The summed E-state index contributed by atoms with van der Waals surface area (Å²) in [6.45, 7) is 5.62. The minimum absolute atomic E-state index is 0.203. The molecule has 0 amide bonds. The second-order valence-electron chi connectivity index (χ2n) is 4.07. The maximum Gasteiger partial charge on any atom is 0.137 e. The van der Waals surface area contributed by atoms with Gasteiger partial charge in [0.15, 0.2) is 0 Å². The molecule has 4 heteroatoms. The first-order chi connectivity index (χ1) is 8.13. The largest absolute Gasteiger partial charge is 0.490 e. The zero-order valence-electron chi connectivity index (χ0n) is 10.1. The van der Waals surface area contributed by atoms with Crippen molar-refractivity contribution >= 4 is 0 Å². The molecule has 0 aliphatic carbocycles. The van der Waals surface area contributed by atoms with Gasteiger partial charge >= 0.3 is 0 Å². The van der Waals surface area contributed by atoms with Gasteiger partial charge in [-0.25, -0.2) is 4.39 Å². The molecule has 0 saturated carbocycles. The number of nitrogens with zero attached hydrogens (tertiary/aromatic N) is 1.